The van der Waals surface area contributed by atoms with Crippen molar-refractivity contribution in [2.24, 2.45) is 0 Å². The van der Waals surface area contributed by atoms with Gasteiger partial charge in [-0.3, -0.25) is 0 Å². The van der Waals surface area contributed by atoms with Gasteiger partial charge in [-0.1, -0.05) is 44.2 Å². The summed E-state index contributed by atoms with van der Waals surface area (Å²) in [6.45, 7) is 6.54. The van der Waals surface area contributed by atoms with Crippen molar-refractivity contribution >= 4 is 0 Å². The monoisotopic (exact) mass is 265 g/mol. The number of methoxy groups -OCH3 is 1. The molecule has 1 N–H and O–H groups in total. The molecule has 0 fully saturated rings. The summed E-state index contributed by atoms with van der Waals surface area (Å²) in [5, 5.41) is 3.38. The van der Waals surface area contributed by atoms with Gasteiger partial charge in [-0.25, -0.2) is 0 Å². The third kappa shape index (κ3) is 7.98. The van der Waals surface area contributed by atoms with Crippen LogP contribution in [0.1, 0.15) is 25.8 Å². The van der Waals surface area contributed by atoms with Crippen LogP contribution in [0.25, 0.3) is 0 Å². The molecule has 3 heteroatoms. The number of aryl methyl sites for hydroxylation is 1. The molecule has 0 bridgehead atoms. The molecule has 1 aromatic rings. The second-order valence-corrected chi connectivity index (χ2v) is 5.10. The van der Waals surface area contributed by atoms with Crippen LogP contribution in [-0.2, 0) is 15.9 Å². The van der Waals surface area contributed by atoms with E-state index in [2.05, 4.69) is 43.4 Å². The molecule has 0 aliphatic carbocycles. The minimum Gasteiger partial charge on any atom is -0.382 e. The van der Waals surface area contributed by atoms with Crippen molar-refractivity contribution in [3.63, 3.8) is 0 Å². The molecule has 1 unspecified atom stereocenters. The molecule has 0 heterocycles. The van der Waals surface area contributed by atoms with Gasteiger partial charge in [0.15, 0.2) is 0 Å². The average molecular weight is 265 g/mol. The van der Waals surface area contributed by atoms with Crippen molar-refractivity contribution in [2.75, 3.05) is 26.9 Å². The number of benzene rings is 1. The lowest BCUT2D eigenvalue weighted by molar-refractivity contribution is -0.00261. The van der Waals surface area contributed by atoms with Gasteiger partial charge in [-0.2, -0.15) is 0 Å². The number of hydrogen-bond acceptors (Lipinski definition) is 3. The third-order valence-electron chi connectivity index (χ3n) is 2.91. The third-order valence-corrected chi connectivity index (χ3v) is 2.91. The van der Waals surface area contributed by atoms with Crippen LogP contribution in [0.5, 0.6) is 0 Å². The number of ether oxygens (including phenoxy) is 2. The van der Waals surface area contributed by atoms with Crippen LogP contribution in [0.2, 0.25) is 0 Å². The summed E-state index contributed by atoms with van der Waals surface area (Å²) in [6.07, 6.45) is 2.26. The predicted molar refractivity (Wildman–Crippen MR) is 79.5 cm³/mol. The molecule has 1 aromatic carbocycles. The van der Waals surface area contributed by atoms with Crippen LogP contribution in [0.4, 0.5) is 0 Å². The van der Waals surface area contributed by atoms with Crippen LogP contribution >= 0.6 is 0 Å². The zero-order valence-electron chi connectivity index (χ0n) is 12.4. The summed E-state index contributed by atoms with van der Waals surface area (Å²) in [5.74, 6) is 0. The summed E-state index contributed by atoms with van der Waals surface area (Å²) >= 11 is 0. The topological polar surface area (TPSA) is 30.5 Å². The van der Waals surface area contributed by atoms with Crippen molar-refractivity contribution in [1.82, 2.24) is 5.32 Å². The highest BCUT2D eigenvalue weighted by Crippen LogP contribution is 2.03. The molecule has 0 amide bonds. The summed E-state index contributed by atoms with van der Waals surface area (Å²) in [6, 6.07) is 11.0. The number of hydrogen-bond donors (Lipinski definition) is 1. The molecule has 0 spiro atoms. The molecule has 0 aliphatic heterocycles. The first-order valence-corrected chi connectivity index (χ1v) is 7.10. The average Bonchev–Trinajstić information content (AvgIpc) is 2.41. The molecule has 0 saturated carbocycles. The first-order chi connectivity index (χ1) is 9.22. The van der Waals surface area contributed by atoms with Gasteiger partial charge in [0.25, 0.3) is 0 Å². The van der Waals surface area contributed by atoms with Gasteiger partial charge >= 0.3 is 0 Å². The molecule has 0 aliphatic rings. The van der Waals surface area contributed by atoms with Gasteiger partial charge < -0.3 is 14.8 Å². The van der Waals surface area contributed by atoms with E-state index in [1.165, 1.54) is 5.56 Å². The van der Waals surface area contributed by atoms with Crippen LogP contribution in [0, 0.1) is 0 Å². The zero-order valence-corrected chi connectivity index (χ0v) is 12.4. The van der Waals surface area contributed by atoms with E-state index in [1.54, 1.807) is 7.11 Å². The fourth-order valence-electron chi connectivity index (χ4n) is 1.89. The van der Waals surface area contributed by atoms with Crippen molar-refractivity contribution in [3.05, 3.63) is 35.9 Å². The Labute approximate surface area is 117 Å². The highest BCUT2D eigenvalue weighted by molar-refractivity contribution is 5.14. The SMILES string of the molecule is COCC(CNC(C)C)OCCCc1ccccc1. The van der Waals surface area contributed by atoms with E-state index in [9.17, 15) is 0 Å². The molecule has 0 saturated heterocycles. The molecule has 0 aromatic heterocycles. The van der Waals surface area contributed by atoms with Crippen LogP contribution in [0.3, 0.4) is 0 Å². The Morgan fingerprint density at radius 1 is 1.16 bits per heavy atom. The van der Waals surface area contributed by atoms with E-state index in [0.29, 0.717) is 12.6 Å². The summed E-state index contributed by atoms with van der Waals surface area (Å²) in [4.78, 5) is 0. The number of nitrogens with one attached hydrogen (secondary N) is 1. The van der Waals surface area contributed by atoms with Crippen LogP contribution in [0.15, 0.2) is 30.3 Å². The second-order valence-electron chi connectivity index (χ2n) is 5.10. The molecular formula is C16H27NO2. The van der Waals surface area contributed by atoms with Gasteiger partial charge in [0.2, 0.25) is 0 Å². The van der Waals surface area contributed by atoms with Crippen molar-refractivity contribution in [3.8, 4) is 0 Å². The van der Waals surface area contributed by atoms with Gasteiger partial charge in [0.05, 0.1) is 12.7 Å². The summed E-state index contributed by atoms with van der Waals surface area (Å²) in [5.41, 5.74) is 1.37. The van der Waals surface area contributed by atoms with E-state index < -0.39 is 0 Å². The summed E-state index contributed by atoms with van der Waals surface area (Å²) in [7, 11) is 1.72. The Bertz CT molecular complexity index is 314. The standard InChI is InChI=1S/C16H27NO2/c1-14(2)17-12-16(13-18-3)19-11-7-10-15-8-5-4-6-9-15/h4-6,8-9,14,16-17H,7,10-13H2,1-3H3. The quantitative estimate of drug-likeness (QED) is 0.660. The molecule has 0 radical (unpaired) electrons. The lowest BCUT2D eigenvalue weighted by Crippen LogP contribution is -2.36. The highest BCUT2D eigenvalue weighted by Gasteiger charge is 2.09. The predicted octanol–water partition coefficient (Wildman–Crippen LogP) is 2.65. The molecule has 1 atom stereocenters. The Morgan fingerprint density at radius 2 is 1.89 bits per heavy atom. The van der Waals surface area contributed by atoms with Crippen LogP contribution in [-0.4, -0.2) is 39.0 Å². The Kier molecular flexibility index (Phi) is 8.47. The zero-order chi connectivity index (χ0) is 13.9. The van der Waals surface area contributed by atoms with E-state index in [1.807, 2.05) is 6.07 Å². The summed E-state index contributed by atoms with van der Waals surface area (Å²) < 4.78 is 11.1. The van der Waals surface area contributed by atoms with Gasteiger partial charge in [-0.05, 0) is 18.4 Å². The molecule has 108 valence electrons. The minimum absolute atomic E-state index is 0.142. The van der Waals surface area contributed by atoms with Crippen molar-refractivity contribution in [1.29, 1.82) is 0 Å². The van der Waals surface area contributed by atoms with Crippen molar-refractivity contribution in [2.45, 2.75) is 38.8 Å². The molecule has 1 rings (SSSR count). The largest absolute Gasteiger partial charge is 0.382 e. The van der Waals surface area contributed by atoms with E-state index in [-0.39, 0.29) is 6.10 Å². The fraction of sp³-hybridized carbons (Fsp3) is 0.625. The van der Waals surface area contributed by atoms with E-state index in [4.69, 9.17) is 9.47 Å². The van der Waals surface area contributed by atoms with Gasteiger partial charge in [0, 0.05) is 26.3 Å². The lowest BCUT2D eigenvalue weighted by atomic mass is 10.1. The maximum absolute atomic E-state index is 5.87. The maximum Gasteiger partial charge on any atom is 0.0932 e. The highest BCUT2D eigenvalue weighted by atomic mass is 16.5. The molecule has 3 nitrogen and oxygen atoms in total. The second kappa shape index (κ2) is 9.96. The van der Waals surface area contributed by atoms with Crippen molar-refractivity contribution < 1.29 is 9.47 Å². The Hall–Kier alpha value is -0.900. The van der Waals surface area contributed by atoms with Gasteiger partial charge in [-0.15, -0.1) is 0 Å². The first-order valence-electron chi connectivity index (χ1n) is 7.10. The van der Waals surface area contributed by atoms with Crippen LogP contribution < -0.4 is 5.32 Å². The van der Waals surface area contributed by atoms with E-state index >= 15 is 0 Å². The van der Waals surface area contributed by atoms with Gasteiger partial charge in [0.1, 0.15) is 0 Å². The molecule has 19 heavy (non-hydrogen) atoms. The lowest BCUT2D eigenvalue weighted by Gasteiger charge is -2.19. The maximum atomic E-state index is 5.87. The molecular weight excluding hydrogens is 238 g/mol. The van der Waals surface area contributed by atoms with E-state index in [0.717, 1.165) is 26.0 Å². The Balaban J connectivity index is 2.17. The number of rotatable bonds is 10. The normalized spacial score (nSPS) is 12.8. The Morgan fingerprint density at radius 3 is 2.53 bits per heavy atom. The smallest absolute Gasteiger partial charge is 0.0932 e. The minimum atomic E-state index is 0.142. The fourth-order valence-corrected chi connectivity index (χ4v) is 1.89. The first kappa shape index (κ1) is 16.2.